The molecular formula is C10H10N4O2S. The summed E-state index contributed by atoms with van der Waals surface area (Å²) in [7, 11) is 0. The maximum atomic E-state index is 10.5. The molecule has 2 N–H and O–H groups in total. The number of hydrogen-bond acceptors (Lipinski definition) is 5. The number of nitro benzene ring substituents is 1. The fourth-order valence-corrected chi connectivity index (χ4v) is 2.11. The molecule has 0 fully saturated rings. The molecule has 0 amide bonds. The maximum Gasteiger partial charge on any atom is 0.269 e. The van der Waals surface area contributed by atoms with E-state index < -0.39 is 4.92 Å². The number of rotatable bonds is 4. The summed E-state index contributed by atoms with van der Waals surface area (Å²) >= 11 is 1.48. The molecule has 0 saturated carbocycles. The lowest BCUT2D eigenvalue weighted by Gasteiger charge is -2.01. The Morgan fingerprint density at radius 3 is 2.65 bits per heavy atom. The van der Waals surface area contributed by atoms with Crippen molar-refractivity contribution in [3.8, 4) is 0 Å². The summed E-state index contributed by atoms with van der Waals surface area (Å²) in [5, 5.41) is 11.2. The topological polar surface area (TPSA) is 87.0 Å². The summed E-state index contributed by atoms with van der Waals surface area (Å²) in [5.41, 5.74) is 1.09. The number of nitro groups is 1. The van der Waals surface area contributed by atoms with Crippen molar-refractivity contribution in [1.29, 1.82) is 0 Å². The number of nitrogens with two attached hydrogens (primary N) is 1. The van der Waals surface area contributed by atoms with Crippen molar-refractivity contribution in [3.05, 3.63) is 52.3 Å². The molecule has 0 aliphatic rings. The molecule has 2 rings (SSSR count). The number of non-ortho nitro benzene ring substituents is 1. The van der Waals surface area contributed by atoms with Gasteiger partial charge in [-0.15, -0.1) is 0 Å². The van der Waals surface area contributed by atoms with Crippen molar-refractivity contribution in [2.24, 2.45) is 0 Å². The second kappa shape index (κ2) is 4.88. The molecule has 1 heterocycles. The smallest absolute Gasteiger partial charge is 0.269 e. The molecule has 0 saturated heterocycles. The van der Waals surface area contributed by atoms with Crippen LogP contribution in [0.2, 0.25) is 0 Å². The van der Waals surface area contributed by atoms with Gasteiger partial charge in [0.15, 0.2) is 5.16 Å². The molecule has 0 atom stereocenters. The molecule has 88 valence electrons. The Labute approximate surface area is 102 Å². The first-order chi connectivity index (χ1) is 8.16. The third-order valence-corrected chi connectivity index (χ3v) is 3.20. The third-order valence-electron chi connectivity index (χ3n) is 2.15. The van der Waals surface area contributed by atoms with E-state index in [1.807, 2.05) is 0 Å². The maximum absolute atomic E-state index is 10.5. The van der Waals surface area contributed by atoms with Crippen LogP contribution in [0, 0.1) is 10.1 Å². The lowest BCUT2D eigenvalue weighted by Crippen LogP contribution is -2.07. The first-order valence-electron chi connectivity index (χ1n) is 4.81. The van der Waals surface area contributed by atoms with Gasteiger partial charge in [0.05, 0.1) is 4.92 Å². The molecule has 17 heavy (non-hydrogen) atoms. The zero-order chi connectivity index (χ0) is 12.3. The Hall–Kier alpha value is -2.02. The molecule has 0 aliphatic carbocycles. The van der Waals surface area contributed by atoms with Gasteiger partial charge in [0.25, 0.3) is 5.69 Å². The van der Waals surface area contributed by atoms with Gasteiger partial charge in [-0.1, -0.05) is 23.9 Å². The Kier molecular flexibility index (Phi) is 3.29. The van der Waals surface area contributed by atoms with Crippen LogP contribution in [0.5, 0.6) is 0 Å². The van der Waals surface area contributed by atoms with Crippen LogP contribution in [-0.4, -0.2) is 14.6 Å². The van der Waals surface area contributed by atoms with Gasteiger partial charge in [-0.2, -0.15) is 0 Å². The van der Waals surface area contributed by atoms with Crippen LogP contribution in [-0.2, 0) is 5.75 Å². The minimum Gasteiger partial charge on any atom is -0.337 e. The number of nitrogen functional groups attached to an aromatic ring is 1. The average molecular weight is 250 g/mol. The number of thioether (sulfide) groups is 1. The van der Waals surface area contributed by atoms with Crippen LogP contribution >= 0.6 is 11.8 Å². The van der Waals surface area contributed by atoms with Gasteiger partial charge in [-0.3, -0.25) is 10.1 Å². The zero-order valence-electron chi connectivity index (χ0n) is 8.81. The molecule has 2 aromatic rings. The number of nitrogens with zero attached hydrogens (tertiary/aromatic N) is 3. The van der Waals surface area contributed by atoms with E-state index in [1.165, 1.54) is 28.6 Å². The van der Waals surface area contributed by atoms with E-state index in [4.69, 9.17) is 5.84 Å². The first kappa shape index (κ1) is 11.5. The van der Waals surface area contributed by atoms with Gasteiger partial charge in [-0.05, 0) is 5.56 Å². The van der Waals surface area contributed by atoms with Crippen LogP contribution < -0.4 is 5.84 Å². The highest BCUT2D eigenvalue weighted by Crippen LogP contribution is 2.21. The van der Waals surface area contributed by atoms with E-state index in [2.05, 4.69) is 4.98 Å². The van der Waals surface area contributed by atoms with Crippen molar-refractivity contribution in [2.45, 2.75) is 10.9 Å². The molecule has 1 aromatic carbocycles. The van der Waals surface area contributed by atoms with Gasteiger partial charge in [0, 0.05) is 30.3 Å². The summed E-state index contributed by atoms with van der Waals surface area (Å²) in [5.74, 6) is 6.29. The van der Waals surface area contributed by atoms with Crippen LogP contribution in [0.4, 0.5) is 5.69 Å². The number of imidazole rings is 1. The van der Waals surface area contributed by atoms with Crippen LogP contribution in [0.1, 0.15) is 5.56 Å². The van der Waals surface area contributed by atoms with E-state index in [1.54, 1.807) is 24.5 Å². The molecule has 0 bridgehead atoms. The molecule has 0 aliphatic heterocycles. The Morgan fingerprint density at radius 2 is 2.12 bits per heavy atom. The first-order valence-corrected chi connectivity index (χ1v) is 5.80. The van der Waals surface area contributed by atoms with Gasteiger partial charge in [0.2, 0.25) is 0 Å². The van der Waals surface area contributed by atoms with Crippen molar-refractivity contribution >= 4 is 17.4 Å². The molecule has 7 heteroatoms. The highest BCUT2D eigenvalue weighted by atomic mass is 32.2. The second-order valence-corrected chi connectivity index (χ2v) is 4.27. The number of benzene rings is 1. The van der Waals surface area contributed by atoms with Crippen molar-refractivity contribution in [3.63, 3.8) is 0 Å². The Bertz CT molecular complexity index is 523. The average Bonchev–Trinajstić information content (AvgIpc) is 2.73. The standard InChI is InChI=1S/C10H10N4O2S/c11-13-6-5-12-10(13)17-7-8-1-3-9(4-2-8)14(15)16/h1-6H,7,11H2. The van der Waals surface area contributed by atoms with Crippen LogP contribution in [0.3, 0.4) is 0 Å². The summed E-state index contributed by atoms with van der Waals surface area (Å²) in [6.07, 6.45) is 3.29. The number of hydrogen-bond donors (Lipinski definition) is 1. The highest BCUT2D eigenvalue weighted by molar-refractivity contribution is 7.98. The van der Waals surface area contributed by atoms with Crippen molar-refractivity contribution < 1.29 is 4.92 Å². The summed E-state index contributed by atoms with van der Waals surface area (Å²) in [6.45, 7) is 0. The fraction of sp³-hybridized carbons (Fsp3) is 0.100. The Morgan fingerprint density at radius 1 is 1.41 bits per heavy atom. The largest absolute Gasteiger partial charge is 0.337 e. The third kappa shape index (κ3) is 2.76. The summed E-state index contributed by atoms with van der Waals surface area (Å²) < 4.78 is 1.44. The van der Waals surface area contributed by atoms with Crippen molar-refractivity contribution in [2.75, 3.05) is 5.84 Å². The number of aromatic nitrogens is 2. The molecule has 1 aromatic heterocycles. The van der Waals surface area contributed by atoms with Gasteiger partial charge in [-0.25, -0.2) is 9.66 Å². The molecule has 0 spiro atoms. The predicted octanol–water partition coefficient (Wildman–Crippen LogP) is 1.80. The van der Waals surface area contributed by atoms with E-state index in [0.717, 1.165) is 5.56 Å². The fourth-order valence-electron chi connectivity index (χ4n) is 1.27. The van der Waals surface area contributed by atoms with E-state index in [9.17, 15) is 10.1 Å². The zero-order valence-corrected chi connectivity index (χ0v) is 9.63. The minimum absolute atomic E-state index is 0.0964. The van der Waals surface area contributed by atoms with Gasteiger partial charge >= 0.3 is 0 Å². The van der Waals surface area contributed by atoms with E-state index in [-0.39, 0.29) is 5.69 Å². The van der Waals surface area contributed by atoms with E-state index >= 15 is 0 Å². The molecule has 0 unspecified atom stereocenters. The highest BCUT2D eigenvalue weighted by Gasteiger charge is 2.05. The lowest BCUT2D eigenvalue weighted by atomic mass is 10.2. The molecule has 6 nitrogen and oxygen atoms in total. The summed E-state index contributed by atoms with van der Waals surface area (Å²) in [6, 6.07) is 6.44. The predicted molar refractivity (Wildman–Crippen MR) is 65.0 cm³/mol. The second-order valence-electron chi connectivity index (χ2n) is 3.33. The molecule has 0 radical (unpaired) electrons. The van der Waals surface area contributed by atoms with Gasteiger partial charge in [0.1, 0.15) is 0 Å². The lowest BCUT2D eigenvalue weighted by molar-refractivity contribution is -0.384. The Balaban J connectivity index is 2.00. The van der Waals surface area contributed by atoms with Gasteiger partial charge < -0.3 is 5.84 Å². The van der Waals surface area contributed by atoms with E-state index in [0.29, 0.717) is 10.9 Å². The minimum atomic E-state index is -0.413. The summed E-state index contributed by atoms with van der Waals surface area (Å²) in [4.78, 5) is 14.1. The quantitative estimate of drug-likeness (QED) is 0.387. The SMILES string of the molecule is Nn1ccnc1SCc1ccc([N+](=O)[O-])cc1. The normalized spacial score (nSPS) is 10.4. The van der Waals surface area contributed by atoms with Crippen LogP contribution in [0.15, 0.2) is 41.8 Å². The monoisotopic (exact) mass is 250 g/mol. The molecular weight excluding hydrogens is 240 g/mol. The van der Waals surface area contributed by atoms with Crippen LogP contribution in [0.25, 0.3) is 0 Å². The van der Waals surface area contributed by atoms with Crippen molar-refractivity contribution in [1.82, 2.24) is 9.66 Å².